The van der Waals surface area contributed by atoms with Crippen molar-refractivity contribution in [3.05, 3.63) is 224 Å². The van der Waals surface area contributed by atoms with Gasteiger partial charge in [0.2, 0.25) is 0 Å². The highest BCUT2D eigenvalue weighted by Gasteiger charge is 2.25. The van der Waals surface area contributed by atoms with Crippen LogP contribution in [-0.2, 0) is 0 Å². The zero-order valence-corrected chi connectivity index (χ0v) is 35.8. The van der Waals surface area contributed by atoms with Gasteiger partial charge in [0.05, 0.1) is 11.4 Å². The molecule has 0 atom stereocenters. The van der Waals surface area contributed by atoms with Crippen molar-refractivity contribution in [3.63, 3.8) is 0 Å². The molecule has 0 spiro atoms. The predicted octanol–water partition coefficient (Wildman–Crippen LogP) is 18.1. The van der Waals surface area contributed by atoms with Crippen molar-refractivity contribution in [2.24, 2.45) is 0 Å². The van der Waals surface area contributed by atoms with Gasteiger partial charge < -0.3 is 9.32 Å². The number of hydrogen-bond acceptors (Lipinski definition) is 2. The molecule has 1 aromatic heterocycles. The van der Waals surface area contributed by atoms with E-state index in [1.54, 1.807) is 0 Å². The van der Waals surface area contributed by atoms with Crippen LogP contribution in [0.3, 0.4) is 0 Å². The Bertz CT molecular complexity index is 3470. The lowest BCUT2D eigenvalue weighted by Crippen LogP contribution is -2.13. The molecule has 306 valence electrons. The van der Waals surface area contributed by atoms with Gasteiger partial charge in [-0.05, 0) is 122 Å². The minimum absolute atomic E-state index is 0.565. The highest BCUT2D eigenvalue weighted by molar-refractivity contribution is 6.07. The van der Waals surface area contributed by atoms with Crippen LogP contribution in [-0.4, -0.2) is 0 Å². The quantitative estimate of drug-likeness (QED) is 0.152. The molecule has 1 aliphatic rings. The Labute approximate surface area is 374 Å². The van der Waals surface area contributed by atoms with Gasteiger partial charge in [0.1, 0.15) is 11.2 Å². The third kappa shape index (κ3) is 6.74. The van der Waals surface area contributed by atoms with Crippen LogP contribution < -0.4 is 4.90 Å². The molecule has 11 aromatic rings. The molecule has 1 aliphatic carbocycles. The van der Waals surface area contributed by atoms with Crippen molar-refractivity contribution >= 4 is 60.5 Å². The summed E-state index contributed by atoms with van der Waals surface area (Å²) in [5.41, 5.74) is 16.1. The molecule has 1 heterocycles. The van der Waals surface area contributed by atoms with E-state index in [9.17, 15) is 0 Å². The summed E-state index contributed by atoms with van der Waals surface area (Å²) in [6.45, 7) is 0. The first-order chi connectivity index (χ1) is 31.7. The molecule has 0 bridgehead atoms. The molecule has 0 saturated heterocycles. The summed E-state index contributed by atoms with van der Waals surface area (Å²) in [5, 5.41) is 7.44. The van der Waals surface area contributed by atoms with Crippen molar-refractivity contribution in [2.45, 2.75) is 38.0 Å². The highest BCUT2D eigenvalue weighted by Crippen LogP contribution is 2.49. The number of fused-ring (bicyclic) bond motifs is 5. The maximum absolute atomic E-state index is 6.35. The summed E-state index contributed by atoms with van der Waals surface area (Å²) in [6.07, 6.45) is 6.42. The average molecular weight is 822 g/mol. The van der Waals surface area contributed by atoms with Gasteiger partial charge in [-0.2, -0.15) is 0 Å². The number of furan rings is 1. The molecular weight excluding hydrogens is 775 g/mol. The van der Waals surface area contributed by atoms with Gasteiger partial charge in [0.25, 0.3) is 0 Å². The topological polar surface area (TPSA) is 16.4 Å². The summed E-state index contributed by atoms with van der Waals surface area (Å²) in [6, 6.07) is 80.2. The first-order valence-electron chi connectivity index (χ1n) is 22.9. The minimum Gasteiger partial charge on any atom is -0.456 e. The van der Waals surface area contributed by atoms with E-state index in [4.69, 9.17) is 4.42 Å². The van der Waals surface area contributed by atoms with Gasteiger partial charge in [0, 0.05) is 27.6 Å². The maximum Gasteiger partial charge on any atom is 0.136 e. The van der Waals surface area contributed by atoms with Gasteiger partial charge in [-0.25, -0.2) is 0 Å². The third-order valence-corrected chi connectivity index (χ3v) is 13.7. The number of rotatable bonds is 8. The molecule has 0 unspecified atom stereocenters. The van der Waals surface area contributed by atoms with Gasteiger partial charge in [-0.15, -0.1) is 0 Å². The van der Waals surface area contributed by atoms with Crippen LogP contribution in [0.5, 0.6) is 0 Å². The highest BCUT2D eigenvalue weighted by atomic mass is 16.3. The molecule has 2 nitrogen and oxygen atoms in total. The van der Waals surface area contributed by atoms with Gasteiger partial charge in [0.15, 0.2) is 0 Å². The molecule has 1 saturated carbocycles. The number of para-hydroxylation sites is 2. The lowest BCUT2D eigenvalue weighted by atomic mass is 9.80. The standard InChI is InChI=1S/C62H47NO/c1-3-16-44(17-4-1)52-38-35-48(51-27-13-21-43-20-7-8-24-50(43)51)40-59(52)63(49-36-32-42(33-37-49)47-34-39-56-55-26-10-12-31-60(55)64-61(56)41-47)58-30-11-9-25-54(58)57-29-15-23-46-22-14-28-53(62(46)57)45-18-5-2-6-19-45/h1,3-4,7-17,20-41,45H,2,5-6,18-19H2. The van der Waals surface area contributed by atoms with Gasteiger partial charge >= 0.3 is 0 Å². The van der Waals surface area contributed by atoms with E-state index in [-0.39, 0.29) is 0 Å². The molecule has 12 rings (SSSR count). The molecule has 1 fully saturated rings. The summed E-state index contributed by atoms with van der Waals surface area (Å²) in [4.78, 5) is 2.51. The minimum atomic E-state index is 0.565. The van der Waals surface area contributed by atoms with E-state index in [0.717, 1.165) is 50.1 Å². The van der Waals surface area contributed by atoms with Gasteiger partial charge in [-0.3, -0.25) is 0 Å². The first-order valence-corrected chi connectivity index (χ1v) is 22.9. The fraction of sp³-hybridized carbons (Fsp3) is 0.0968. The lowest BCUT2D eigenvalue weighted by molar-refractivity contribution is 0.445. The Balaban J connectivity index is 1.09. The zero-order valence-electron chi connectivity index (χ0n) is 35.8. The zero-order chi connectivity index (χ0) is 42.4. The smallest absolute Gasteiger partial charge is 0.136 e. The van der Waals surface area contributed by atoms with Crippen LogP contribution in [0.4, 0.5) is 17.1 Å². The van der Waals surface area contributed by atoms with Crippen molar-refractivity contribution < 1.29 is 4.42 Å². The second kappa shape index (κ2) is 16.2. The second-order valence-electron chi connectivity index (χ2n) is 17.4. The Morgan fingerprint density at radius 1 is 0.359 bits per heavy atom. The fourth-order valence-corrected chi connectivity index (χ4v) is 10.6. The van der Waals surface area contributed by atoms with Crippen molar-refractivity contribution in [3.8, 4) is 44.5 Å². The largest absolute Gasteiger partial charge is 0.456 e. The van der Waals surface area contributed by atoms with E-state index in [1.165, 1.54) is 92.6 Å². The summed E-state index contributed by atoms with van der Waals surface area (Å²) < 4.78 is 6.35. The maximum atomic E-state index is 6.35. The van der Waals surface area contributed by atoms with Crippen LogP contribution in [0.25, 0.3) is 88.0 Å². The molecule has 0 radical (unpaired) electrons. The number of nitrogens with zero attached hydrogens (tertiary/aromatic N) is 1. The fourth-order valence-electron chi connectivity index (χ4n) is 10.6. The molecule has 0 N–H and O–H groups in total. The van der Waals surface area contributed by atoms with Crippen molar-refractivity contribution in [1.82, 2.24) is 0 Å². The first kappa shape index (κ1) is 38.0. The normalized spacial score (nSPS) is 13.2. The molecule has 0 amide bonds. The number of anilines is 3. The van der Waals surface area contributed by atoms with Crippen LogP contribution in [0, 0.1) is 0 Å². The van der Waals surface area contributed by atoms with Crippen LogP contribution in [0.2, 0.25) is 0 Å². The Kier molecular flexibility index (Phi) is 9.64. The lowest BCUT2D eigenvalue weighted by Gasteiger charge is -2.31. The van der Waals surface area contributed by atoms with Crippen LogP contribution in [0.1, 0.15) is 43.6 Å². The SMILES string of the molecule is c1ccc(-c2ccc(-c3cccc4ccccc34)cc2N(c2ccc(-c3ccc4c(c3)oc3ccccc34)cc2)c2ccccc2-c2cccc3cccc(C4CCCCC4)c23)cc1. The number of benzene rings is 10. The van der Waals surface area contributed by atoms with Crippen LogP contribution >= 0.6 is 0 Å². The summed E-state index contributed by atoms with van der Waals surface area (Å²) in [7, 11) is 0. The average Bonchev–Trinajstić information content (AvgIpc) is 3.75. The Hall–Kier alpha value is -7.68. The number of hydrogen-bond donors (Lipinski definition) is 0. The van der Waals surface area contributed by atoms with E-state index in [1.807, 2.05) is 12.1 Å². The summed E-state index contributed by atoms with van der Waals surface area (Å²) >= 11 is 0. The van der Waals surface area contributed by atoms with Crippen LogP contribution in [0.15, 0.2) is 223 Å². The van der Waals surface area contributed by atoms with Gasteiger partial charge in [-0.1, -0.05) is 195 Å². The summed E-state index contributed by atoms with van der Waals surface area (Å²) in [5.74, 6) is 0.565. The molecule has 64 heavy (non-hydrogen) atoms. The third-order valence-electron chi connectivity index (χ3n) is 13.7. The van der Waals surface area contributed by atoms with Crippen molar-refractivity contribution in [1.29, 1.82) is 0 Å². The van der Waals surface area contributed by atoms with Crippen molar-refractivity contribution in [2.75, 3.05) is 4.90 Å². The Morgan fingerprint density at radius 2 is 1.00 bits per heavy atom. The molecule has 10 aromatic carbocycles. The predicted molar refractivity (Wildman–Crippen MR) is 271 cm³/mol. The monoisotopic (exact) mass is 821 g/mol. The second-order valence-corrected chi connectivity index (χ2v) is 17.4. The van der Waals surface area contributed by atoms with E-state index in [2.05, 4.69) is 211 Å². The Morgan fingerprint density at radius 3 is 1.86 bits per heavy atom. The molecule has 0 aliphatic heterocycles. The van der Waals surface area contributed by atoms with E-state index < -0.39 is 0 Å². The van der Waals surface area contributed by atoms with E-state index >= 15 is 0 Å². The molecular formula is C62H47NO. The molecule has 2 heteroatoms. The van der Waals surface area contributed by atoms with E-state index in [0.29, 0.717) is 5.92 Å².